The number of aromatic hydroxyl groups is 1. The average molecular weight is 437 g/mol. The van der Waals surface area contributed by atoms with Gasteiger partial charge in [0.2, 0.25) is 0 Å². The van der Waals surface area contributed by atoms with E-state index in [1.807, 2.05) is 38.1 Å². The number of benzene rings is 2. The lowest BCUT2D eigenvalue weighted by molar-refractivity contribution is 0.0824. The Bertz CT molecular complexity index is 1190. The lowest BCUT2D eigenvalue weighted by Crippen LogP contribution is -2.37. The smallest absolute Gasteiger partial charge is 0.257 e. The Morgan fingerprint density at radius 1 is 1.03 bits per heavy atom. The maximum absolute atomic E-state index is 12.3. The molecular weight excluding hydrogens is 410 g/mol. The molecule has 0 bridgehead atoms. The van der Waals surface area contributed by atoms with Crippen LogP contribution in [0.1, 0.15) is 42.2 Å². The van der Waals surface area contributed by atoms with E-state index in [1.54, 1.807) is 20.2 Å². The number of hydrogen-bond donors (Lipinski definition) is 3. The lowest BCUT2D eigenvalue weighted by Gasteiger charge is -2.24. The number of ether oxygens (including phenoxy) is 1. The van der Waals surface area contributed by atoms with E-state index < -0.39 is 10.9 Å². The molecule has 0 fully saturated rings. The predicted octanol–water partition coefficient (Wildman–Crippen LogP) is 3.40. The quantitative estimate of drug-likeness (QED) is 0.348. The third-order valence-electron chi connectivity index (χ3n) is 5.16. The third-order valence-corrected chi connectivity index (χ3v) is 5.16. The Morgan fingerprint density at radius 2 is 1.72 bits per heavy atom. The number of rotatable bonds is 9. The summed E-state index contributed by atoms with van der Waals surface area (Å²) in [4.78, 5) is 38.3. The van der Waals surface area contributed by atoms with Crippen molar-refractivity contribution in [1.82, 2.24) is 4.90 Å². The maximum atomic E-state index is 12.3. The third kappa shape index (κ3) is 4.30. The van der Waals surface area contributed by atoms with Gasteiger partial charge in [-0.15, -0.1) is 0 Å². The Hall–Kier alpha value is -3.81. The molecule has 8 nitrogen and oxygen atoms in total. The normalized spacial score (nSPS) is 11.8. The predicted molar refractivity (Wildman–Crippen MR) is 125 cm³/mol. The number of anilines is 3. The van der Waals surface area contributed by atoms with Crippen molar-refractivity contribution in [3.05, 3.63) is 74.0 Å². The van der Waals surface area contributed by atoms with Crippen LogP contribution in [0, 0.1) is 0 Å². The highest BCUT2D eigenvalue weighted by atomic mass is 16.5. The molecule has 3 aromatic rings. The number of amides is 1. The SMILES string of the molecule is CCOc1ccccc1C(CC)Nc1c(Nc2cccc(C(=O)N(C)C)c2O)c(=O)c1=O. The van der Waals surface area contributed by atoms with E-state index in [-0.39, 0.29) is 40.3 Å². The van der Waals surface area contributed by atoms with Gasteiger partial charge in [0.05, 0.1) is 23.9 Å². The van der Waals surface area contributed by atoms with Crippen LogP contribution in [0.25, 0.3) is 0 Å². The highest BCUT2D eigenvalue weighted by Crippen LogP contribution is 2.34. The van der Waals surface area contributed by atoms with Gasteiger partial charge in [-0.25, -0.2) is 0 Å². The molecule has 0 heterocycles. The minimum atomic E-state index is -0.691. The van der Waals surface area contributed by atoms with Crippen molar-refractivity contribution >= 4 is 23.0 Å². The van der Waals surface area contributed by atoms with Gasteiger partial charge >= 0.3 is 0 Å². The van der Waals surface area contributed by atoms with Crippen LogP contribution in [0.2, 0.25) is 0 Å². The Balaban J connectivity index is 1.92. The summed E-state index contributed by atoms with van der Waals surface area (Å²) < 4.78 is 5.70. The molecule has 1 amide bonds. The number of nitrogens with one attached hydrogen (secondary N) is 2. The van der Waals surface area contributed by atoms with Crippen LogP contribution in [0.4, 0.5) is 17.1 Å². The largest absolute Gasteiger partial charge is 0.505 e. The molecule has 3 aromatic carbocycles. The number of phenols is 1. The van der Waals surface area contributed by atoms with Gasteiger partial charge in [-0.2, -0.15) is 0 Å². The van der Waals surface area contributed by atoms with E-state index in [0.29, 0.717) is 18.8 Å². The van der Waals surface area contributed by atoms with Crippen molar-refractivity contribution in [3.63, 3.8) is 0 Å². The van der Waals surface area contributed by atoms with Crippen LogP contribution in [0.15, 0.2) is 52.1 Å². The van der Waals surface area contributed by atoms with Gasteiger partial charge in [0, 0.05) is 19.7 Å². The monoisotopic (exact) mass is 437 g/mol. The summed E-state index contributed by atoms with van der Waals surface area (Å²) in [7, 11) is 3.15. The van der Waals surface area contributed by atoms with Crippen LogP contribution >= 0.6 is 0 Å². The van der Waals surface area contributed by atoms with Gasteiger partial charge < -0.3 is 25.4 Å². The number of carbonyl (C=O) groups is 1. The molecule has 0 spiro atoms. The second kappa shape index (κ2) is 9.55. The van der Waals surface area contributed by atoms with Gasteiger partial charge in [0.1, 0.15) is 17.1 Å². The molecule has 0 aliphatic rings. The molecule has 3 N–H and O–H groups in total. The Labute approximate surface area is 186 Å². The first-order valence-electron chi connectivity index (χ1n) is 10.4. The second-order valence-electron chi connectivity index (χ2n) is 7.51. The number of phenolic OH excluding ortho intramolecular Hbond substituents is 1. The summed E-state index contributed by atoms with van der Waals surface area (Å²) in [5, 5.41) is 16.5. The van der Waals surface area contributed by atoms with Crippen molar-refractivity contribution < 1.29 is 14.6 Å². The van der Waals surface area contributed by atoms with E-state index in [9.17, 15) is 19.5 Å². The fourth-order valence-electron chi connectivity index (χ4n) is 3.47. The minimum absolute atomic E-state index is 0.0482. The lowest BCUT2D eigenvalue weighted by atomic mass is 10.0. The van der Waals surface area contributed by atoms with Gasteiger partial charge in [0.25, 0.3) is 16.8 Å². The van der Waals surface area contributed by atoms with Gasteiger partial charge in [0.15, 0.2) is 5.75 Å². The van der Waals surface area contributed by atoms with E-state index in [2.05, 4.69) is 10.6 Å². The summed E-state index contributed by atoms with van der Waals surface area (Å²) in [5.74, 6) is 0.0297. The molecule has 168 valence electrons. The zero-order chi connectivity index (χ0) is 23.4. The zero-order valence-corrected chi connectivity index (χ0v) is 18.6. The number of carbonyl (C=O) groups excluding carboxylic acids is 1. The Kier molecular flexibility index (Phi) is 6.82. The molecule has 0 aliphatic carbocycles. The van der Waals surface area contributed by atoms with Crippen LogP contribution in [-0.4, -0.2) is 36.6 Å². The van der Waals surface area contributed by atoms with Crippen LogP contribution < -0.4 is 26.2 Å². The summed E-state index contributed by atoms with van der Waals surface area (Å²) in [6, 6.07) is 11.9. The van der Waals surface area contributed by atoms with Gasteiger partial charge in [-0.05, 0) is 31.5 Å². The van der Waals surface area contributed by atoms with E-state index in [1.165, 1.54) is 17.0 Å². The fraction of sp³-hybridized carbons (Fsp3) is 0.292. The molecule has 0 saturated carbocycles. The first-order chi connectivity index (χ1) is 15.3. The molecular formula is C24H27N3O5. The fourth-order valence-corrected chi connectivity index (χ4v) is 3.47. The van der Waals surface area contributed by atoms with Crippen LogP contribution in [0.5, 0.6) is 11.5 Å². The number of nitrogens with zero attached hydrogens (tertiary/aromatic N) is 1. The molecule has 32 heavy (non-hydrogen) atoms. The minimum Gasteiger partial charge on any atom is -0.505 e. The van der Waals surface area contributed by atoms with Crippen molar-refractivity contribution in [1.29, 1.82) is 0 Å². The summed E-state index contributed by atoms with van der Waals surface area (Å²) in [5.41, 5.74) is -0.0220. The maximum Gasteiger partial charge on any atom is 0.257 e. The molecule has 1 unspecified atom stereocenters. The summed E-state index contributed by atoms with van der Waals surface area (Å²) in [6.07, 6.45) is 0.639. The van der Waals surface area contributed by atoms with Crippen molar-refractivity contribution in [2.75, 3.05) is 31.3 Å². The molecule has 0 saturated heterocycles. The second-order valence-corrected chi connectivity index (χ2v) is 7.51. The molecule has 0 aromatic heterocycles. The van der Waals surface area contributed by atoms with Crippen LogP contribution in [0.3, 0.4) is 0 Å². The first-order valence-corrected chi connectivity index (χ1v) is 10.4. The number of hydrogen-bond acceptors (Lipinski definition) is 7. The van der Waals surface area contributed by atoms with E-state index >= 15 is 0 Å². The molecule has 8 heteroatoms. The summed E-state index contributed by atoms with van der Waals surface area (Å²) >= 11 is 0. The molecule has 0 radical (unpaired) electrons. The van der Waals surface area contributed by atoms with Gasteiger partial charge in [-0.3, -0.25) is 14.4 Å². The topological polar surface area (TPSA) is 108 Å². The molecule has 3 rings (SSSR count). The van der Waals surface area contributed by atoms with Crippen molar-refractivity contribution in [2.45, 2.75) is 26.3 Å². The molecule has 1 atom stereocenters. The first kappa shape index (κ1) is 22.9. The van der Waals surface area contributed by atoms with Crippen molar-refractivity contribution in [3.8, 4) is 11.5 Å². The van der Waals surface area contributed by atoms with Gasteiger partial charge in [-0.1, -0.05) is 31.2 Å². The van der Waals surface area contributed by atoms with E-state index in [4.69, 9.17) is 4.74 Å². The summed E-state index contributed by atoms with van der Waals surface area (Å²) in [6.45, 7) is 4.36. The Morgan fingerprint density at radius 3 is 2.38 bits per heavy atom. The average Bonchev–Trinajstić information content (AvgIpc) is 2.79. The number of para-hydroxylation sites is 2. The highest BCUT2D eigenvalue weighted by Gasteiger charge is 2.26. The van der Waals surface area contributed by atoms with Crippen molar-refractivity contribution in [2.24, 2.45) is 0 Å². The van der Waals surface area contributed by atoms with Crippen LogP contribution in [-0.2, 0) is 0 Å². The zero-order valence-electron chi connectivity index (χ0n) is 18.6. The molecule has 0 aliphatic heterocycles. The van der Waals surface area contributed by atoms with E-state index in [0.717, 1.165) is 5.56 Å². The standard InChI is InChI=1S/C24H27N3O5/c1-5-16(14-10-7-8-13-18(14)32-6-2)25-19-20(23(30)22(19)29)26-17-12-9-11-15(21(17)28)24(31)27(3)4/h7-13,16,25-26,28H,5-6H2,1-4H3. The highest BCUT2D eigenvalue weighted by molar-refractivity contribution is 5.99.